The lowest BCUT2D eigenvalue weighted by Gasteiger charge is -2.14. The van der Waals surface area contributed by atoms with Gasteiger partial charge in [-0.1, -0.05) is 158 Å². The number of rotatable bonds is 7. The maximum atomic E-state index is 5.23. The van der Waals surface area contributed by atoms with Gasteiger partial charge in [0.05, 0.1) is 22.1 Å². The number of aromatic nitrogens is 5. The molecule has 63 heavy (non-hydrogen) atoms. The van der Waals surface area contributed by atoms with Crippen LogP contribution in [0.15, 0.2) is 218 Å². The zero-order valence-corrected chi connectivity index (χ0v) is 34.5. The molecule has 12 aromatic rings. The van der Waals surface area contributed by atoms with Crippen molar-refractivity contribution in [3.8, 4) is 67.8 Å². The minimum atomic E-state index is 0.618. The van der Waals surface area contributed by atoms with Crippen LogP contribution < -0.4 is 0 Å². The van der Waals surface area contributed by atoms with Gasteiger partial charge in [-0.05, 0) is 95.4 Å². The van der Waals surface area contributed by atoms with Crippen LogP contribution in [-0.2, 0) is 0 Å². The van der Waals surface area contributed by atoms with Crippen LogP contribution in [0.1, 0.15) is 5.56 Å². The van der Waals surface area contributed by atoms with Crippen LogP contribution >= 0.6 is 0 Å². The summed E-state index contributed by atoms with van der Waals surface area (Å²) in [5.41, 5.74) is 15.5. The fourth-order valence-corrected chi connectivity index (χ4v) is 9.35. The van der Waals surface area contributed by atoms with E-state index in [1.54, 1.807) is 0 Å². The molecule has 12 rings (SSSR count). The van der Waals surface area contributed by atoms with E-state index in [9.17, 15) is 0 Å². The number of benzene rings is 9. The van der Waals surface area contributed by atoms with Crippen molar-refractivity contribution in [2.75, 3.05) is 0 Å². The first kappa shape index (κ1) is 36.4. The Morgan fingerprint density at radius 3 is 1.40 bits per heavy atom. The van der Waals surface area contributed by atoms with Gasteiger partial charge in [-0.25, -0.2) is 15.0 Å². The predicted molar refractivity (Wildman–Crippen MR) is 260 cm³/mol. The minimum absolute atomic E-state index is 0.618. The second kappa shape index (κ2) is 14.9. The summed E-state index contributed by atoms with van der Waals surface area (Å²) in [7, 11) is 0. The van der Waals surface area contributed by atoms with Crippen LogP contribution in [0, 0.1) is 6.92 Å². The second-order valence-electron chi connectivity index (χ2n) is 16.1. The van der Waals surface area contributed by atoms with Gasteiger partial charge in [0, 0.05) is 49.6 Å². The number of hydrogen-bond acceptors (Lipinski definition) is 3. The van der Waals surface area contributed by atoms with Gasteiger partial charge >= 0.3 is 0 Å². The van der Waals surface area contributed by atoms with Crippen LogP contribution in [0.2, 0.25) is 0 Å². The number of aryl methyl sites for hydroxylation is 1. The van der Waals surface area contributed by atoms with E-state index in [2.05, 4.69) is 216 Å². The lowest BCUT2D eigenvalue weighted by atomic mass is 9.95. The minimum Gasteiger partial charge on any atom is -0.309 e. The molecule has 0 aliphatic heterocycles. The molecule has 0 atom stereocenters. The Kier molecular flexibility index (Phi) is 8.64. The molecule has 0 spiro atoms. The monoisotopic (exact) mass is 805 g/mol. The van der Waals surface area contributed by atoms with Crippen molar-refractivity contribution in [1.82, 2.24) is 24.1 Å². The zero-order valence-electron chi connectivity index (χ0n) is 34.5. The summed E-state index contributed by atoms with van der Waals surface area (Å²) in [5.74, 6) is 1.88. The molecule has 0 N–H and O–H groups in total. The number of nitrogens with zero attached hydrogens (tertiary/aromatic N) is 5. The Morgan fingerprint density at radius 1 is 0.286 bits per heavy atom. The van der Waals surface area contributed by atoms with E-state index in [1.165, 1.54) is 49.3 Å². The van der Waals surface area contributed by atoms with E-state index in [1.807, 2.05) is 18.2 Å². The summed E-state index contributed by atoms with van der Waals surface area (Å²) in [6.07, 6.45) is 0. The van der Waals surface area contributed by atoms with E-state index in [-0.39, 0.29) is 0 Å². The van der Waals surface area contributed by atoms with Crippen LogP contribution in [0.5, 0.6) is 0 Å². The summed E-state index contributed by atoms with van der Waals surface area (Å²) in [4.78, 5) is 15.5. The average Bonchev–Trinajstić information content (AvgIpc) is 3.87. The lowest BCUT2D eigenvalue weighted by molar-refractivity contribution is 1.07. The quantitative estimate of drug-likeness (QED) is 0.161. The first-order valence-corrected chi connectivity index (χ1v) is 21.4. The summed E-state index contributed by atoms with van der Waals surface area (Å²) in [6.45, 7) is 2.15. The van der Waals surface area contributed by atoms with Gasteiger partial charge in [-0.3, -0.25) is 0 Å². The molecule has 0 aliphatic rings. The number of hydrogen-bond donors (Lipinski definition) is 0. The maximum absolute atomic E-state index is 5.23. The smallest absolute Gasteiger partial charge is 0.164 e. The molecule has 0 amide bonds. The SMILES string of the molecule is Cc1ccccc1-c1ccccc1-c1nc(-c2ccccc2)nc(-c2cccc(-n3c4ccccc4c4cc(-c5ccc6c(c5)c5ccccc5n6-c5ccccc5)ccc43)c2)n1. The molecule has 0 saturated heterocycles. The molecule has 0 fully saturated rings. The van der Waals surface area contributed by atoms with Crippen LogP contribution in [-0.4, -0.2) is 24.1 Å². The van der Waals surface area contributed by atoms with Crippen LogP contribution in [0.3, 0.4) is 0 Å². The van der Waals surface area contributed by atoms with E-state index in [0.29, 0.717) is 17.5 Å². The third-order valence-corrected chi connectivity index (χ3v) is 12.3. The van der Waals surface area contributed by atoms with E-state index < -0.39 is 0 Å². The molecular weight excluding hydrogens is 767 g/mol. The fourth-order valence-electron chi connectivity index (χ4n) is 9.35. The Balaban J connectivity index is 0.992. The average molecular weight is 806 g/mol. The van der Waals surface area contributed by atoms with Gasteiger partial charge in [0.15, 0.2) is 17.5 Å². The Bertz CT molecular complexity index is 3690. The van der Waals surface area contributed by atoms with Crippen molar-refractivity contribution in [3.05, 3.63) is 224 Å². The van der Waals surface area contributed by atoms with Gasteiger partial charge < -0.3 is 9.13 Å². The summed E-state index contributed by atoms with van der Waals surface area (Å²) in [5, 5.41) is 4.87. The number of fused-ring (bicyclic) bond motifs is 6. The molecule has 0 radical (unpaired) electrons. The second-order valence-corrected chi connectivity index (χ2v) is 16.1. The Labute approximate surface area is 364 Å². The molecule has 9 aromatic carbocycles. The van der Waals surface area contributed by atoms with Crippen molar-refractivity contribution in [1.29, 1.82) is 0 Å². The van der Waals surface area contributed by atoms with Gasteiger partial charge in [-0.15, -0.1) is 0 Å². The normalized spacial score (nSPS) is 11.6. The highest BCUT2D eigenvalue weighted by Crippen LogP contribution is 2.39. The first-order chi connectivity index (χ1) is 31.2. The van der Waals surface area contributed by atoms with Crippen molar-refractivity contribution in [3.63, 3.8) is 0 Å². The summed E-state index contributed by atoms with van der Waals surface area (Å²) < 4.78 is 4.73. The van der Waals surface area contributed by atoms with Crippen molar-refractivity contribution in [2.24, 2.45) is 0 Å². The largest absolute Gasteiger partial charge is 0.309 e. The topological polar surface area (TPSA) is 48.5 Å². The highest BCUT2D eigenvalue weighted by atomic mass is 15.0. The Morgan fingerprint density at radius 2 is 0.746 bits per heavy atom. The van der Waals surface area contributed by atoms with Gasteiger partial charge in [0.2, 0.25) is 0 Å². The maximum Gasteiger partial charge on any atom is 0.164 e. The standard InChI is InChI=1S/C58H39N5/c1-38-17-8-9-24-45(38)46-25-10-11-28-49(46)58-60-56(39-18-4-2-5-19-39)59-57(61-58)42-20-16-23-44(35-42)63-53-30-15-13-27-48(53)51-37-41(32-34-55(51)63)40-31-33-54-50(36-40)47-26-12-14-29-52(47)62(54)43-21-6-3-7-22-43/h2-37H,1H3. The van der Waals surface area contributed by atoms with Crippen molar-refractivity contribution in [2.45, 2.75) is 6.92 Å². The van der Waals surface area contributed by atoms with Crippen molar-refractivity contribution < 1.29 is 0 Å². The van der Waals surface area contributed by atoms with Crippen LogP contribution in [0.4, 0.5) is 0 Å². The molecular formula is C58H39N5. The van der Waals surface area contributed by atoms with E-state index in [0.717, 1.165) is 50.2 Å². The molecule has 3 heterocycles. The molecule has 0 bridgehead atoms. The van der Waals surface area contributed by atoms with Crippen molar-refractivity contribution >= 4 is 43.6 Å². The molecule has 0 unspecified atom stereocenters. The predicted octanol–water partition coefficient (Wildman–Crippen LogP) is 14.7. The van der Waals surface area contributed by atoms with E-state index >= 15 is 0 Å². The summed E-state index contributed by atoms with van der Waals surface area (Å²) >= 11 is 0. The molecule has 0 saturated carbocycles. The summed E-state index contributed by atoms with van der Waals surface area (Å²) in [6, 6.07) is 77.4. The third kappa shape index (κ3) is 6.21. The van der Waals surface area contributed by atoms with E-state index in [4.69, 9.17) is 15.0 Å². The first-order valence-electron chi connectivity index (χ1n) is 21.4. The third-order valence-electron chi connectivity index (χ3n) is 12.3. The lowest BCUT2D eigenvalue weighted by Crippen LogP contribution is -2.02. The highest BCUT2D eigenvalue weighted by Gasteiger charge is 2.19. The van der Waals surface area contributed by atoms with Crippen LogP contribution in [0.25, 0.3) is 111 Å². The fraction of sp³-hybridized carbons (Fsp3) is 0.0172. The molecule has 5 heteroatoms. The highest BCUT2D eigenvalue weighted by molar-refractivity contribution is 6.12. The van der Waals surface area contributed by atoms with Gasteiger partial charge in [0.25, 0.3) is 0 Å². The Hall–Kier alpha value is -8.41. The molecule has 296 valence electrons. The molecule has 0 aliphatic carbocycles. The van der Waals surface area contributed by atoms with Gasteiger partial charge in [0.1, 0.15) is 0 Å². The zero-order chi connectivity index (χ0) is 41.9. The molecule has 3 aromatic heterocycles. The van der Waals surface area contributed by atoms with Gasteiger partial charge in [-0.2, -0.15) is 0 Å². The number of para-hydroxylation sites is 3. The molecule has 5 nitrogen and oxygen atoms in total.